The lowest BCUT2D eigenvalue weighted by atomic mass is 10.2. The minimum atomic E-state index is -0.156. The Kier molecular flexibility index (Phi) is 5.84. The summed E-state index contributed by atoms with van der Waals surface area (Å²) in [5, 5.41) is 2.93. The summed E-state index contributed by atoms with van der Waals surface area (Å²) in [5.41, 5.74) is 1.38. The van der Waals surface area contributed by atoms with Gasteiger partial charge in [-0.25, -0.2) is 4.98 Å². The van der Waals surface area contributed by atoms with Crippen LogP contribution in [-0.2, 0) is 0 Å². The van der Waals surface area contributed by atoms with Gasteiger partial charge in [0.15, 0.2) is 0 Å². The van der Waals surface area contributed by atoms with Crippen molar-refractivity contribution in [2.24, 2.45) is 0 Å². The Morgan fingerprint density at radius 2 is 1.79 bits per heavy atom. The number of hydrogen-bond donors (Lipinski definition) is 1. The zero-order valence-corrected chi connectivity index (χ0v) is 17.3. The Balaban J connectivity index is 2.26. The summed E-state index contributed by atoms with van der Waals surface area (Å²) in [6.45, 7) is 0. The van der Waals surface area contributed by atoms with Gasteiger partial charge >= 0.3 is 0 Å². The number of rotatable bonds is 2. The first-order valence-corrected chi connectivity index (χ1v) is 9.08. The SMILES string of the molecule is O=C(Nc1c(I)cc(I)cc1I)c1ccc(Br)nc1. The van der Waals surface area contributed by atoms with E-state index in [4.69, 9.17) is 0 Å². The van der Waals surface area contributed by atoms with Gasteiger partial charge in [0.25, 0.3) is 5.91 Å². The molecule has 0 aliphatic carbocycles. The van der Waals surface area contributed by atoms with Gasteiger partial charge in [-0.1, -0.05) is 0 Å². The molecule has 3 nitrogen and oxygen atoms in total. The molecule has 0 unspecified atom stereocenters. The summed E-state index contributed by atoms with van der Waals surface area (Å²) in [6, 6.07) is 7.54. The molecule has 1 aromatic carbocycles. The van der Waals surface area contributed by atoms with E-state index in [0.29, 0.717) is 10.2 Å². The molecule has 0 bridgehead atoms. The van der Waals surface area contributed by atoms with E-state index in [-0.39, 0.29) is 5.91 Å². The number of amides is 1. The zero-order chi connectivity index (χ0) is 14.0. The van der Waals surface area contributed by atoms with Gasteiger partial charge < -0.3 is 5.32 Å². The van der Waals surface area contributed by atoms with Crippen LogP contribution in [0.4, 0.5) is 5.69 Å². The molecule has 0 saturated carbocycles. The van der Waals surface area contributed by atoms with Crippen LogP contribution in [0.1, 0.15) is 10.4 Å². The number of halogens is 4. The fraction of sp³-hybridized carbons (Fsp3) is 0. The first-order chi connectivity index (χ1) is 8.97. The van der Waals surface area contributed by atoms with Crippen LogP contribution in [0.15, 0.2) is 35.1 Å². The molecule has 7 heteroatoms. The van der Waals surface area contributed by atoms with E-state index in [2.05, 4.69) is 94.0 Å². The molecule has 1 heterocycles. The van der Waals surface area contributed by atoms with Gasteiger partial charge in [0, 0.05) is 16.9 Å². The van der Waals surface area contributed by atoms with Crippen LogP contribution < -0.4 is 5.32 Å². The van der Waals surface area contributed by atoms with Gasteiger partial charge in [-0.2, -0.15) is 0 Å². The first-order valence-electron chi connectivity index (χ1n) is 5.05. The fourth-order valence-electron chi connectivity index (χ4n) is 1.36. The molecule has 0 aliphatic rings. The van der Waals surface area contributed by atoms with Crippen molar-refractivity contribution < 1.29 is 4.79 Å². The topological polar surface area (TPSA) is 42.0 Å². The summed E-state index contributed by atoms with van der Waals surface area (Å²) in [6.07, 6.45) is 1.55. The predicted octanol–water partition coefficient (Wildman–Crippen LogP) is 4.91. The van der Waals surface area contributed by atoms with Crippen molar-refractivity contribution >= 4 is 95.3 Å². The number of aromatic nitrogens is 1. The summed E-state index contributed by atoms with van der Waals surface area (Å²) in [4.78, 5) is 16.2. The van der Waals surface area contributed by atoms with Gasteiger partial charge in [0.2, 0.25) is 0 Å². The molecule has 19 heavy (non-hydrogen) atoms. The second-order valence-electron chi connectivity index (χ2n) is 3.57. The number of pyridine rings is 1. The number of hydrogen-bond acceptors (Lipinski definition) is 2. The van der Waals surface area contributed by atoms with Crippen LogP contribution >= 0.6 is 83.7 Å². The van der Waals surface area contributed by atoms with Crippen molar-refractivity contribution in [3.8, 4) is 0 Å². The molecule has 0 fully saturated rings. The molecule has 0 saturated heterocycles. The monoisotopic (exact) mass is 654 g/mol. The third-order valence-electron chi connectivity index (χ3n) is 2.23. The highest BCUT2D eigenvalue weighted by atomic mass is 127. The van der Waals surface area contributed by atoms with Gasteiger partial charge in [0.1, 0.15) is 4.60 Å². The van der Waals surface area contributed by atoms with Crippen molar-refractivity contribution in [1.82, 2.24) is 4.98 Å². The molecule has 0 aliphatic heterocycles. The van der Waals surface area contributed by atoms with Crippen LogP contribution in [0.3, 0.4) is 0 Å². The third-order valence-corrected chi connectivity index (χ3v) is 5.03. The molecule has 0 spiro atoms. The summed E-state index contributed by atoms with van der Waals surface area (Å²) in [7, 11) is 0. The zero-order valence-electron chi connectivity index (χ0n) is 9.25. The maximum atomic E-state index is 12.1. The van der Waals surface area contributed by atoms with Crippen LogP contribution in [0, 0.1) is 10.7 Å². The third kappa shape index (κ3) is 4.24. The molecule has 0 radical (unpaired) electrons. The molecule has 1 N–H and O–H groups in total. The summed E-state index contributed by atoms with van der Waals surface area (Å²) >= 11 is 9.95. The standard InChI is InChI=1S/C12H6BrI3N2O/c13-10-2-1-6(5-17-10)12(19)18-11-8(15)3-7(14)4-9(11)16/h1-5H,(H,18,19). The van der Waals surface area contributed by atoms with E-state index in [1.807, 2.05) is 12.1 Å². The Morgan fingerprint density at radius 3 is 2.32 bits per heavy atom. The number of anilines is 1. The summed E-state index contributed by atoms with van der Waals surface area (Å²) < 4.78 is 3.90. The van der Waals surface area contributed by atoms with Crippen molar-refractivity contribution in [2.45, 2.75) is 0 Å². The van der Waals surface area contributed by atoms with Crippen LogP contribution in [0.5, 0.6) is 0 Å². The molecular weight excluding hydrogens is 649 g/mol. The molecule has 2 rings (SSSR count). The highest BCUT2D eigenvalue weighted by Gasteiger charge is 2.12. The Hall–Kier alpha value is 0.510. The van der Waals surface area contributed by atoms with Gasteiger partial charge in [-0.3, -0.25) is 4.79 Å². The molecular formula is C12H6BrI3N2O. The molecule has 0 atom stereocenters. The Labute approximate surface area is 159 Å². The van der Waals surface area contributed by atoms with E-state index < -0.39 is 0 Å². The normalized spacial score (nSPS) is 10.3. The van der Waals surface area contributed by atoms with E-state index in [9.17, 15) is 4.79 Å². The first kappa shape index (κ1) is 15.9. The lowest BCUT2D eigenvalue weighted by molar-refractivity contribution is 0.102. The smallest absolute Gasteiger partial charge is 0.257 e. The van der Waals surface area contributed by atoms with Crippen molar-refractivity contribution in [3.63, 3.8) is 0 Å². The lowest BCUT2D eigenvalue weighted by Crippen LogP contribution is -2.14. The maximum Gasteiger partial charge on any atom is 0.257 e. The number of nitrogens with one attached hydrogen (secondary N) is 1. The van der Waals surface area contributed by atoms with E-state index in [1.54, 1.807) is 18.3 Å². The number of carbonyl (C=O) groups excluding carboxylic acids is 1. The lowest BCUT2D eigenvalue weighted by Gasteiger charge is -2.10. The van der Waals surface area contributed by atoms with Crippen molar-refractivity contribution in [1.29, 1.82) is 0 Å². The van der Waals surface area contributed by atoms with Crippen molar-refractivity contribution in [3.05, 3.63) is 51.3 Å². The van der Waals surface area contributed by atoms with Crippen LogP contribution in [-0.4, -0.2) is 10.9 Å². The van der Waals surface area contributed by atoms with Gasteiger partial charge in [0.05, 0.1) is 11.3 Å². The van der Waals surface area contributed by atoms with Crippen LogP contribution in [0.2, 0.25) is 0 Å². The Morgan fingerprint density at radius 1 is 1.16 bits per heavy atom. The van der Waals surface area contributed by atoms with E-state index >= 15 is 0 Å². The molecule has 1 aromatic heterocycles. The molecule has 98 valence electrons. The van der Waals surface area contributed by atoms with Gasteiger partial charge in [-0.15, -0.1) is 0 Å². The maximum absolute atomic E-state index is 12.1. The van der Waals surface area contributed by atoms with E-state index in [0.717, 1.165) is 16.4 Å². The minimum Gasteiger partial charge on any atom is -0.320 e. The summed E-state index contributed by atoms with van der Waals surface area (Å²) in [5.74, 6) is -0.156. The average molecular weight is 655 g/mol. The number of benzene rings is 1. The quantitative estimate of drug-likeness (QED) is 0.370. The van der Waals surface area contributed by atoms with E-state index in [1.165, 1.54) is 0 Å². The highest BCUT2D eigenvalue weighted by molar-refractivity contribution is 14.1. The minimum absolute atomic E-state index is 0.156. The second kappa shape index (κ2) is 6.98. The molecule has 1 amide bonds. The van der Waals surface area contributed by atoms with Gasteiger partial charge in [-0.05, 0) is 108 Å². The second-order valence-corrected chi connectivity index (χ2v) is 7.95. The average Bonchev–Trinajstić information content (AvgIpc) is 2.34. The largest absolute Gasteiger partial charge is 0.320 e. The van der Waals surface area contributed by atoms with Crippen LogP contribution in [0.25, 0.3) is 0 Å². The fourth-order valence-corrected chi connectivity index (χ4v) is 5.44. The highest BCUT2D eigenvalue weighted by Crippen LogP contribution is 2.27. The predicted molar refractivity (Wildman–Crippen MR) is 104 cm³/mol. The Bertz CT molecular complexity index is 608. The molecule has 2 aromatic rings. The number of carbonyl (C=O) groups is 1. The van der Waals surface area contributed by atoms with Crippen molar-refractivity contribution in [2.75, 3.05) is 5.32 Å². The number of nitrogens with zero attached hydrogens (tertiary/aromatic N) is 1.